The van der Waals surface area contributed by atoms with Gasteiger partial charge in [0, 0.05) is 22.2 Å². The quantitative estimate of drug-likeness (QED) is 0.215. The molecule has 0 atom stereocenters. The van der Waals surface area contributed by atoms with Gasteiger partial charge in [-0.15, -0.1) is 0 Å². The van der Waals surface area contributed by atoms with E-state index in [1.165, 1.54) is 6.07 Å². The Balaban J connectivity index is 1.53. The van der Waals surface area contributed by atoms with Gasteiger partial charge < -0.3 is 9.47 Å². The van der Waals surface area contributed by atoms with Crippen LogP contribution in [-0.2, 0) is 16.1 Å². The number of benzene rings is 3. The number of ether oxygens (including phenoxy) is 2. The van der Waals surface area contributed by atoms with Gasteiger partial charge in [0.15, 0.2) is 5.70 Å². The molecule has 0 fully saturated rings. The topological polar surface area (TPSA) is 91.0 Å². The highest BCUT2D eigenvalue weighted by Gasteiger charge is 2.25. The molecule has 0 unspecified atom stereocenters. The summed E-state index contributed by atoms with van der Waals surface area (Å²) in [5, 5.41) is 11.8. The second kappa shape index (κ2) is 9.03. The third-order valence-electron chi connectivity index (χ3n) is 4.75. The van der Waals surface area contributed by atoms with Gasteiger partial charge in [-0.2, -0.15) is 0 Å². The van der Waals surface area contributed by atoms with Crippen LogP contribution < -0.4 is 4.74 Å². The average molecular weight is 449 g/mol. The van der Waals surface area contributed by atoms with Crippen LogP contribution in [0.5, 0.6) is 5.75 Å². The van der Waals surface area contributed by atoms with E-state index in [-0.39, 0.29) is 17.3 Å². The number of hydrogen-bond donors (Lipinski definition) is 0. The zero-order valence-electron chi connectivity index (χ0n) is 16.9. The van der Waals surface area contributed by atoms with E-state index in [2.05, 4.69) is 4.99 Å². The summed E-state index contributed by atoms with van der Waals surface area (Å²) >= 11 is 5.89. The van der Waals surface area contributed by atoms with Gasteiger partial charge in [-0.25, -0.2) is 9.79 Å². The van der Waals surface area contributed by atoms with Crippen molar-refractivity contribution < 1.29 is 19.2 Å². The van der Waals surface area contributed by atoms with Crippen LogP contribution in [0, 0.1) is 17.0 Å². The average Bonchev–Trinajstić information content (AvgIpc) is 3.14. The van der Waals surface area contributed by atoms with Crippen LogP contribution in [0.2, 0.25) is 5.02 Å². The lowest BCUT2D eigenvalue weighted by molar-refractivity contribution is -0.385. The van der Waals surface area contributed by atoms with E-state index in [4.69, 9.17) is 21.1 Å². The summed E-state index contributed by atoms with van der Waals surface area (Å²) < 4.78 is 11.0. The van der Waals surface area contributed by atoms with Gasteiger partial charge in [0.1, 0.15) is 12.4 Å². The van der Waals surface area contributed by atoms with E-state index in [1.54, 1.807) is 55.5 Å². The minimum atomic E-state index is -0.629. The second-order valence-corrected chi connectivity index (χ2v) is 7.52. The fraction of sp³-hybridized carbons (Fsp3) is 0.0833. The minimum absolute atomic E-state index is 0.0273. The fourth-order valence-electron chi connectivity index (χ4n) is 3.07. The van der Waals surface area contributed by atoms with E-state index < -0.39 is 10.9 Å². The fourth-order valence-corrected chi connectivity index (χ4v) is 3.20. The van der Waals surface area contributed by atoms with Crippen molar-refractivity contribution >= 4 is 35.2 Å². The maximum Gasteiger partial charge on any atom is 0.363 e. The normalized spacial score (nSPS) is 14.2. The molecule has 1 aliphatic rings. The number of carbonyl (C=O) groups is 1. The van der Waals surface area contributed by atoms with Gasteiger partial charge in [0.2, 0.25) is 5.90 Å². The Morgan fingerprint density at radius 2 is 1.91 bits per heavy atom. The lowest BCUT2D eigenvalue weighted by Gasteiger charge is -2.07. The molecule has 7 nitrogen and oxygen atoms in total. The number of nitrogens with zero attached hydrogens (tertiary/aromatic N) is 2. The molecule has 3 aromatic rings. The molecule has 0 N–H and O–H groups in total. The number of nitro benzene ring substituents is 1. The van der Waals surface area contributed by atoms with Gasteiger partial charge in [0.05, 0.1) is 4.92 Å². The van der Waals surface area contributed by atoms with Crippen LogP contribution >= 0.6 is 11.6 Å². The van der Waals surface area contributed by atoms with Gasteiger partial charge in [-0.1, -0.05) is 41.9 Å². The largest absolute Gasteiger partial charge is 0.489 e. The van der Waals surface area contributed by atoms with Crippen molar-refractivity contribution in [2.75, 3.05) is 0 Å². The number of halogens is 1. The highest BCUT2D eigenvalue weighted by atomic mass is 35.5. The number of aryl methyl sites for hydroxylation is 1. The molecule has 0 amide bonds. The van der Waals surface area contributed by atoms with E-state index in [0.717, 1.165) is 5.56 Å². The third-order valence-corrected chi connectivity index (χ3v) is 5.01. The van der Waals surface area contributed by atoms with E-state index in [1.807, 2.05) is 18.2 Å². The summed E-state index contributed by atoms with van der Waals surface area (Å²) in [6.45, 7) is 2.01. The molecule has 0 radical (unpaired) electrons. The van der Waals surface area contributed by atoms with Crippen LogP contribution in [0.1, 0.15) is 22.3 Å². The molecule has 8 heteroatoms. The molecule has 1 heterocycles. The van der Waals surface area contributed by atoms with Crippen LogP contribution in [0.25, 0.3) is 6.08 Å². The molecule has 1 aliphatic heterocycles. The predicted octanol–water partition coefficient (Wildman–Crippen LogP) is 5.48. The molecule has 0 spiro atoms. The molecule has 32 heavy (non-hydrogen) atoms. The van der Waals surface area contributed by atoms with Crippen molar-refractivity contribution in [2.24, 2.45) is 4.99 Å². The van der Waals surface area contributed by atoms with Crippen LogP contribution in [0.15, 0.2) is 77.4 Å². The first kappa shape index (κ1) is 21.3. The highest BCUT2D eigenvalue weighted by molar-refractivity contribution is 6.30. The van der Waals surface area contributed by atoms with Crippen LogP contribution in [-0.4, -0.2) is 16.8 Å². The maximum atomic E-state index is 12.3. The predicted molar refractivity (Wildman–Crippen MR) is 121 cm³/mol. The number of rotatable bonds is 6. The van der Waals surface area contributed by atoms with Crippen molar-refractivity contribution in [3.05, 3.63) is 110 Å². The Bertz CT molecular complexity index is 1270. The Morgan fingerprint density at radius 1 is 1.12 bits per heavy atom. The van der Waals surface area contributed by atoms with Crippen molar-refractivity contribution in [1.82, 2.24) is 0 Å². The lowest BCUT2D eigenvalue weighted by atomic mass is 10.1. The van der Waals surface area contributed by atoms with Crippen molar-refractivity contribution in [3.8, 4) is 5.75 Å². The summed E-state index contributed by atoms with van der Waals surface area (Å²) in [4.78, 5) is 27.2. The number of carbonyl (C=O) groups excluding carboxylic acids is 1. The maximum absolute atomic E-state index is 12.3. The number of hydrogen-bond acceptors (Lipinski definition) is 6. The van der Waals surface area contributed by atoms with Crippen LogP contribution in [0.4, 0.5) is 5.69 Å². The number of nitro groups is 1. The SMILES string of the molecule is Cc1ccc(C2=N/C(=C\c3cccc(OCc4ccc(Cl)cc4)c3)C(=O)O2)cc1[N+](=O)[O-]. The zero-order chi connectivity index (χ0) is 22.7. The van der Waals surface area contributed by atoms with Gasteiger partial charge >= 0.3 is 5.97 Å². The number of cyclic esters (lactones) is 1. The molecule has 3 aromatic carbocycles. The standard InChI is InChI=1S/C24H17ClN2O5/c1-15-5-8-18(13-22(15)27(29)30)23-26-21(24(28)32-23)12-17-3-2-4-20(11-17)31-14-16-6-9-19(25)10-7-16/h2-13H,14H2,1H3/b21-12-. The van der Waals surface area contributed by atoms with Crippen molar-refractivity contribution in [2.45, 2.75) is 13.5 Å². The molecule has 0 saturated carbocycles. The summed E-state index contributed by atoms with van der Waals surface area (Å²) in [5.41, 5.74) is 2.57. The zero-order valence-corrected chi connectivity index (χ0v) is 17.7. The molecular formula is C24H17ClN2O5. The van der Waals surface area contributed by atoms with Crippen molar-refractivity contribution in [1.29, 1.82) is 0 Å². The Kier molecular flexibility index (Phi) is 6.00. The van der Waals surface area contributed by atoms with Gasteiger partial charge in [0.25, 0.3) is 5.69 Å². The highest BCUT2D eigenvalue weighted by Crippen LogP contribution is 2.25. The molecule has 160 valence electrons. The molecule has 4 rings (SSSR count). The lowest BCUT2D eigenvalue weighted by Crippen LogP contribution is -2.06. The Hall–Kier alpha value is -3.97. The molecule has 0 bridgehead atoms. The number of aliphatic imine (C=N–C) groups is 1. The monoisotopic (exact) mass is 448 g/mol. The summed E-state index contributed by atoms with van der Waals surface area (Å²) in [6.07, 6.45) is 1.58. The Labute approximate surface area is 188 Å². The first-order valence-corrected chi connectivity index (χ1v) is 10.0. The van der Waals surface area contributed by atoms with Gasteiger partial charge in [-0.05, 0) is 54.5 Å². The number of esters is 1. The molecular weight excluding hydrogens is 432 g/mol. The van der Waals surface area contributed by atoms with Gasteiger partial charge in [-0.3, -0.25) is 10.1 Å². The first-order valence-electron chi connectivity index (χ1n) is 9.64. The first-order chi connectivity index (χ1) is 15.4. The molecule has 0 aliphatic carbocycles. The Morgan fingerprint density at radius 3 is 2.66 bits per heavy atom. The van der Waals surface area contributed by atoms with Crippen LogP contribution in [0.3, 0.4) is 0 Å². The van der Waals surface area contributed by atoms with E-state index >= 15 is 0 Å². The van der Waals surface area contributed by atoms with Crippen molar-refractivity contribution in [3.63, 3.8) is 0 Å². The van der Waals surface area contributed by atoms with E-state index in [0.29, 0.717) is 34.1 Å². The summed E-state index contributed by atoms with van der Waals surface area (Å²) in [7, 11) is 0. The third kappa shape index (κ3) is 4.84. The minimum Gasteiger partial charge on any atom is -0.489 e. The second-order valence-electron chi connectivity index (χ2n) is 7.08. The summed E-state index contributed by atoms with van der Waals surface area (Å²) in [5.74, 6) is 0.0224. The molecule has 0 aromatic heterocycles. The van der Waals surface area contributed by atoms with E-state index in [9.17, 15) is 14.9 Å². The smallest absolute Gasteiger partial charge is 0.363 e. The molecule has 0 saturated heterocycles. The summed E-state index contributed by atoms with van der Waals surface area (Å²) in [6, 6.07) is 19.1.